The van der Waals surface area contributed by atoms with Crippen molar-refractivity contribution in [2.75, 3.05) is 5.32 Å². The number of aromatic nitrogens is 3. The molecule has 0 unspecified atom stereocenters. The van der Waals surface area contributed by atoms with Gasteiger partial charge in [-0.05, 0) is 73.5 Å². The molecule has 0 atom stereocenters. The largest absolute Gasteiger partial charge is 0.433 e. The van der Waals surface area contributed by atoms with Crippen LogP contribution >= 0.6 is 15.9 Å². The molecule has 12 heteroatoms. The summed E-state index contributed by atoms with van der Waals surface area (Å²) in [5.41, 5.74) is 2.06. The number of halogens is 5. The number of carbonyl (C=O) groups is 2. The van der Waals surface area contributed by atoms with Gasteiger partial charge < -0.3 is 10.6 Å². The van der Waals surface area contributed by atoms with Gasteiger partial charge in [-0.3, -0.25) is 14.3 Å². The lowest BCUT2D eigenvalue weighted by Crippen LogP contribution is -2.22. The van der Waals surface area contributed by atoms with E-state index in [1.54, 1.807) is 67.1 Å². The number of carbonyl (C=O) groups excluding carboxylic acids is 2. The van der Waals surface area contributed by atoms with E-state index < -0.39 is 17.8 Å². The van der Waals surface area contributed by atoms with Crippen LogP contribution in [0.3, 0.4) is 0 Å². The second-order valence-electron chi connectivity index (χ2n) is 9.88. The second-order valence-corrected chi connectivity index (χ2v) is 10.8. The lowest BCUT2D eigenvalue weighted by molar-refractivity contribution is -0.141. The van der Waals surface area contributed by atoms with E-state index in [2.05, 4.69) is 36.6 Å². The van der Waals surface area contributed by atoms with Crippen LogP contribution in [-0.4, -0.2) is 26.6 Å². The summed E-state index contributed by atoms with van der Waals surface area (Å²) in [5.74, 6) is -1.41. The third-order valence-electron chi connectivity index (χ3n) is 6.82. The summed E-state index contributed by atoms with van der Waals surface area (Å²) < 4.78 is 56.3. The quantitative estimate of drug-likeness (QED) is 0.182. The Labute approximate surface area is 252 Å². The number of fused-ring (bicyclic) bond motifs is 1. The molecule has 0 aliphatic rings. The molecule has 2 heterocycles. The monoisotopic (exact) mass is 653 g/mol. The van der Waals surface area contributed by atoms with Crippen molar-refractivity contribution in [3.8, 4) is 0 Å². The zero-order chi connectivity index (χ0) is 30.9. The van der Waals surface area contributed by atoms with Gasteiger partial charge in [-0.1, -0.05) is 40.2 Å². The van der Waals surface area contributed by atoms with Gasteiger partial charge in [0.25, 0.3) is 11.8 Å². The van der Waals surface area contributed by atoms with Gasteiger partial charge in [0.2, 0.25) is 0 Å². The molecule has 0 radical (unpaired) electrons. The van der Waals surface area contributed by atoms with E-state index >= 15 is 0 Å². The molecular formula is C31H24BrF4N5O2. The molecule has 7 nitrogen and oxygen atoms in total. The van der Waals surface area contributed by atoms with Crippen LogP contribution in [-0.2, 0) is 19.3 Å². The van der Waals surface area contributed by atoms with Crippen LogP contribution in [0.5, 0.6) is 0 Å². The number of nitrogens with zero attached hydrogens (tertiary/aromatic N) is 3. The molecule has 2 amide bonds. The van der Waals surface area contributed by atoms with E-state index in [9.17, 15) is 27.2 Å². The standard InChI is InChI=1S/C31H24BrF4N5O2/c1-17-28(39-30(43)25-14-27(31(34,35)36)38-26-11-10-22(32)13-24(25)26)18(2)41(40-17)16-19-6-8-21(9-7-19)29(42)37-15-20-4-3-5-23(33)12-20/h3-14H,15-16H2,1-2H3,(H,37,42)(H,39,43). The van der Waals surface area contributed by atoms with Crippen molar-refractivity contribution in [1.29, 1.82) is 0 Å². The highest BCUT2D eigenvalue weighted by atomic mass is 79.9. The van der Waals surface area contributed by atoms with Gasteiger partial charge in [0.15, 0.2) is 0 Å². The highest BCUT2D eigenvalue weighted by molar-refractivity contribution is 9.10. The second kappa shape index (κ2) is 12.0. The average molecular weight is 654 g/mol. The molecule has 43 heavy (non-hydrogen) atoms. The molecule has 3 aromatic carbocycles. The van der Waals surface area contributed by atoms with Crippen molar-refractivity contribution < 1.29 is 27.2 Å². The number of pyridine rings is 1. The van der Waals surface area contributed by atoms with Gasteiger partial charge in [0, 0.05) is 22.0 Å². The Kier molecular flexibility index (Phi) is 8.32. The smallest absolute Gasteiger partial charge is 0.348 e. The normalized spacial score (nSPS) is 11.5. The maximum Gasteiger partial charge on any atom is 0.433 e. The first-order chi connectivity index (χ1) is 20.4. The number of anilines is 1. The molecule has 2 N–H and O–H groups in total. The highest BCUT2D eigenvalue weighted by Crippen LogP contribution is 2.32. The van der Waals surface area contributed by atoms with E-state index in [0.29, 0.717) is 39.2 Å². The van der Waals surface area contributed by atoms with Crippen LogP contribution in [0.25, 0.3) is 10.9 Å². The average Bonchev–Trinajstić information content (AvgIpc) is 3.22. The van der Waals surface area contributed by atoms with Crippen LogP contribution in [0.15, 0.2) is 77.3 Å². The van der Waals surface area contributed by atoms with Crippen molar-refractivity contribution in [3.63, 3.8) is 0 Å². The minimum absolute atomic E-state index is 0.0402. The summed E-state index contributed by atoms with van der Waals surface area (Å²) in [5, 5.41) is 10.3. The summed E-state index contributed by atoms with van der Waals surface area (Å²) in [6.07, 6.45) is -4.73. The van der Waals surface area contributed by atoms with E-state index in [0.717, 1.165) is 11.6 Å². The SMILES string of the molecule is Cc1nn(Cc2ccc(C(=O)NCc3cccc(F)c3)cc2)c(C)c1NC(=O)c1cc(C(F)(F)F)nc2ccc(Br)cc12. The van der Waals surface area contributed by atoms with Crippen LogP contribution in [0.2, 0.25) is 0 Å². The first-order valence-electron chi connectivity index (χ1n) is 13.0. The van der Waals surface area contributed by atoms with Crippen LogP contribution in [0, 0.1) is 19.7 Å². The predicted molar refractivity (Wildman–Crippen MR) is 157 cm³/mol. The molecule has 5 aromatic rings. The van der Waals surface area contributed by atoms with Gasteiger partial charge in [0.05, 0.1) is 34.7 Å². The molecule has 0 bridgehead atoms. The number of aryl methyl sites for hydroxylation is 1. The van der Waals surface area contributed by atoms with Gasteiger partial charge in [-0.25, -0.2) is 9.37 Å². The van der Waals surface area contributed by atoms with Crippen LogP contribution in [0.1, 0.15) is 48.9 Å². The zero-order valence-corrected chi connectivity index (χ0v) is 24.5. The molecule has 5 rings (SSSR count). The number of benzene rings is 3. The van der Waals surface area contributed by atoms with Gasteiger partial charge >= 0.3 is 6.18 Å². The molecular weight excluding hydrogens is 630 g/mol. The molecule has 220 valence electrons. The summed E-state index contributed by atoms with van der Waals surface area (Å²) in [6, 6.07) is 18.1. The van der Waals surface area contributed by atoms with Crippen LogP contribution < -0.4 is 10.6 Å². The Morgan fingerprint density at radius 3 is 2.37 bits per heavy atom. The molecule has 0 fully saturated rings. The summed E-state index contributed by atoms with van der Waals surface area (Å²) in [4.78, 5) is 29.6. The molecule has 0 spiro atoms. The fourth-order valence-corrected chi connectivity index (χ4v) is 4.97. The van der Waals surface area contributed by atoms with E-state index in [4.69, 9.17) is 0 Å². The van der Waals surface area contributed by atoms with Crippen molar-refractivity contribution in [1.82, 2.24) is 20.1 Å². The van der Waals surface area contributed by atoms with Crippen LogP contribution in [0.4, 0.5) is 23.2 Å². The van der Waals surface area contributed by atoms with E-state index in [1.807, 2.05) is 0 Å². The summed E-state index contributed by atoms with van der Waals surface area (Å²) in [7, 11) is 0. The lowest BCUT2D eigenvalue weighted by atomic mass is 10.1. The fourth-order valence-electron chi connectivity index (χ4n) is 4.61. The minimum Gasteiger partial charge on any atom is -0.348 e. The number of nitrogens with one attached hydrogen (secondary N) is 2. The maximum absolute atomic E-state index is 13.5. The van der Waals surface area contributed by atoms with Crippen molar-refractivity contribution in [2.45, 2.75) is 33.1 Å². The van der Waals surface area contributed by atoms with Gasteiger partial charge in [0.1, 0.15) is 11.5 Å². The Balaban J connectivity index is 1.32. The third kappa shape index (κ3) is 6.75. The number of hydrogen-bond acceptors (Lipinski definition) is 4. The van der Waals surface area contributed by atoms with Gasteiger partial charge in [-0.15, -0.1) is 0 Å². The van der Waals surface area contributed by atoms with Crippen molar-refractivity contribution in [3.05, 3.63) is 122 Å². The first-order valence-corrected chi connectivity index (χ1v) is 13.8. The van der Waals surface area contributed by atoms with Crippen molar-refractivity contribution >= 4 is 44.3 Å². The number of rotatable bonds is 7. The number of amides is 2. The molecule has 0 saturated heterocycles. The lowest BCUT2D eigenvalue weighted by Gasteiger charge is -2.13. The predicted octanol–water partition coefficient (Wildman–Crippen LogP) is 7.20. The topological polar surface area (TPSA) is 88.9 Å². The molecule has 0 aliphatic heterocycles. The summed E-state index contributed by atoms with van der Waals surface area (Å²) in [6.45, 7) is 3.93. The molecule has 2 aromatic heterocycles. The van der Waals surface area contributed by atoms with E-state index in [-0.39, 0.29) is 34.7 Å². The zero-order valence-electron chi connectivity index (χ0n) is 22.9. The van der Waals surface area contributed by atoms with E-state index in [1.165, 1.54) is 18.2 Å². The highest BCUT2D eigenvalue weighted by Gasteiger charge is 2.34. The maximum atomic E-state index is 13.5. The minimum atomic E-state index is -4.73. The Morgan fingerprint density at radius 1 is 0.930 bits per heavy atom. The third-order valence-corrected chi connectivity index (χ3v) is 7.31. The Hall–Kier alpha value is -4.58. The molecule has 0 saturated carbocycles. The van der Waals surface area contributed by atoms with Gasteiger partial charge in [-0.2, -0.15) is 18.3 Å². The molecule has 0 aliphatic carbocycles. The fraction of sp³-hybridized carbons (Fsp3) is 0.161. The van der Waals surface area contributed by atoms with Crippen molar-refractivity contribution in [2.24, 2.45) is 0 Å². The summed E-state index contributed by atoms with van der Waals surface area (Å²) >= 11 is 3.30. The first kappa shape index (κ1) is 29.9. The number of alkyl halides is 3. The Morgan fingerprint density at radius 2 is 1.67 bits per heavy atom. The Bertz CT molecular complexity index is 1850. The number of hydrogen-bond donors (Lipinski definition) is 2.